The van der Waals surface area contributed by atoms with Crippen molar-refractivity contribution in [3.8, 4) is 0 Å². The van der Waals surface area contributed by atoms with Crippen LogP contribution in [0.15, 0.2) is 24.3 Å². The van der Waals surface area contributed by atoms with Gasteiger partial charge in [-0.1, -0.05) is 25.0 Å². The SMILES string of the molecule is OCc1ccc(N2CCCCCC2)cc1. The van der Waals surface area contributed by atoms with Crippen molar-refractivity contribution in [1.82, 2.24) is 0 Å². The number of hydrogen-bond acceptors (Lipinski definition) is 2. The Balaban J connectivity index is 2.06. The van der Waals surface area contributed by atoms with Crippen LogP contribution in [0.5, 0.6) is 0 Å². The summed E-state index contributed by atoms with van der Waals surface area (Å²) in [6.45, 7) is 2.50. The predicted octanol–water partition coefficient (Wildman–Crippen LogP) is 2.56. The van der Waals surface area contributed by atoms with Gasteiger partial charge in [0.2, 0.25) is 0 Å². The van der Waals surface area contributed by atoms with Gasteiger partial charge >= 0.3 is 0 Å². The molecule has 15 heavy (non-hydrogen) atoms. The highest BCUT2D eigenvalue weighted by Crippen LogP contribution is 2.19. The maximum atomic E-state index is 8.97. The number of benzene rings is 1. The van der Waals surface area contributed by atoms with E-state index >= 15 is 0 Å². The number of anilines is 1. The first-order valence-electron chi connectivity index (χ1n) is 5.85. The number of aliphatic hydroxyl groups excluding tert-OH is 1. The fourth-order valence-corrected chi connectivity index (χ4v) is 2.14. The first kappa shape index (κ1) is 10.5. The third-order valence-electron chi connectivity index (χ3n) is 3.09. The molecule has 0 bridgehead atoms. The fourth-order valence-electron chi connectivity index (χ4n) is 2.14. The van der Waals surface area contributed by atoms with E-state index in [4.69, 9.17) is 5.11 Å². The van der Waals surface area contributed by atoms with E-state index in [9.17, 15) is 0 Å². The summed E-state index contributed by atoms with van der Waals surface area (Å²) in [4.78, 5) is 2.45. The molecule has 0 unspecified atom stereocenters. The number of nitrogens with zero attached hydrogens (tertiary/aromatic N) is 1. The van der Waals surface area contributed by atoms with Crippen molar-refractivity contribution in [3.63, 3.8) is 0 Å². The Morgan fingerprint density at radius 2 is 1.53 bits per heavy atom. The molecule has 2 nitrogen and oxygen atoms in total. The lowest BCUT2D eigenvalue weighted by atomic mass is 10.2. The lowest BCUT2D eigenvalue weighted by molar-refractivity contribution is 0.282. The molecule has 0 spiro atoms. The van der Waals surface area contributed by atoms with Gasteiger partial charge in [-0.3, -0.25) is 0 Å². The van der Waals surface area contributed by atoms with Crippen molar-refractivity contribution >= 4 is 5.69 Å². The van der Waals surface area contributed by atoms with Gasteiger partial charge in [-0.15, -0.1) is 0 Å². The van der Waals surface area contributed by atoms with Crippen molar-refractivity contribution in [2.75, 3.05) is 18.0 Å². The van der Waals surface area contributed by atoms with Crippen LogP contribution >= 0.6 is 0 Å². The molecule has 1 saturated heterocycles. The van der Waals surface area contributed by atoms with E-state index in [0.717, 1.165) is 5.56 Å². The van der Waals surface area contributed by atoms with E-state index in [-0.39, 0.29) is 6.61 Å². The molecule has 1 aliphatic heterocycles. The van der Waals surface area contributed by atoms with Gasteiger partial charge in [-0.05, 0) is 30.5 Å². The molecule has 1 aliphatic rings. The number of hydrogen-bond donors (Lipinski definition) is 1. The summed E-state index contributed by atoms with van der Waals surface area (Å²) < 4.78 is 0. The van der Waals surface area contributed by atoms with E-state index in [1.807, 2.05) is 12.1 Å². The van der Waals surface area contributed by atoms with Crippen LogP contribution in [-0.4, -0.2) is 18.2 Å². The molecule has 0 aliphatic carbocycles. The zero-order valence-electron chi connectivity index (χ0n) is 9.15. The summed E-state index contributed by atoms with van der Waals surface area (Å²) in [5.41, 5.74) is 2.29. The standard InChI is InChI=1S/C13H19NO/c15-11-12-5-7-13(8-6-12)14-9-3-1-2-4-10-14/h5-8,15H,1-4,9-11H2. The molecule has 0 atom stereocenters. The maximum absolute atomic E-state index is 8.97. The second-order valence-corrected chi connectivity index (χ2v) is 4.23. The Morgan fingerprint density at radius 3 is 2.07 bits per heavy atom. The minimum atomic E-state index is 0.139. The summed E-state index contributed by atoms with van der Waals surface area (Å²) in [6.07, 6.45) is 5.35. The van der Waals surface area contributed by atoms with Crippen LogP contribution in [0.3, 0.4) is 0 Å². The van der Waals surface area contributed by atoms with E-state index in [1.165, 1.54) is 44.5 Å². The van der Waals surface area contributed by atoms with E-state index in [1.54, 1.807) is 0 Å². The first-order chi connectivity index (χ1) is 7.40. The zero-order valence-corrected chi connectivity index (χ0v) is 9.15. The minimum Gasteiger partial charge on any atom is -0.392 e. The predicted molar refractivity (Wildman–Crippen MR) is 63.0 cm³/mol. The van der Waals surface area contributed by atoms with Crippen molar-refractivity contribution in [3.05, 3.63) is 29.8 Å². The van der Waals surface area contributed by atoms with Gasteiger partial charge in [0.15, 0.2) is 0 Å². The molecule has 0 aromatic heterocycles. The third-order valence-corrected chi connectivity index (χ3v) is 3.09. The Hall–Kier alpha value is -1.02. The molecule has 0 amide bonds. The number of rotatable bonds is 2. The molecule has 2 heteroatoms. The molecular formula is C13H19NO. The highest BCUT2D eigenvalue weighted by atomic mass is 16.3. The van der Waals surface area contributed by atoms with Gasteiger partial charge < -0.3 is 10.0 Å². The normalized spacial score (nSPS) is 17.5. The van der Waals surface area contributed by atoms with Crippen molar-refractivity contribution in [2.24, 2.45) is 0 Å². The average molecular weight is 205 g/mol. The summed E-state index contributed by atoms with van der Waals surface area (Å²) in [5, 5.41) is 8.97. The Kier molecular flexibility index (Phi) is 3.62. The zero-order chi connectivity index (χ0) is 10.5. The molecule has 0 radical (unpaired) electrons. The van der Waals surface area contributed by atoms with Crippen LogP contribution in [-0.2, 0) is 6.61 Å². The highest BCUT2D eigenvalue weighted by Gasteiger charge is 2.09. The van der Waals surface area contributed by atoms with Gasteiger partial charge in [0, 0.05) is 18.8 Å². The second-order valence-electron chi connectivity index (χ2n) is 4.23. The Bertz CT molecular complexity index is 286. The van der Waals surface area contributed by atoms with E-state index in [0.29, 0.717) is 0 Å². The molecule has 1 aromatic rings. The summed E-state index contributed by atoms with van der Waals surface area (Å²) >= 11 is 0. The van der Waals surface area contributed by atoms with Crippen molar-refractivity contribution in [2.45, 2.75) is 32.3 Å². The largest absolute Gasteiger partial charge is 0.392 e. The Labute approximate surface area is 91.5 Å². The van der Waals surface area contributed by atoms with Crippen LogP contribution in [0, 0.1) is 0 Å². The van der Waals surface area contributed by atoms with Gasteiger partial charge in [-0.2, -0.15) is 0 Å². The second kappa shape index (κ2) is 5.17. The average Bonchev–Trinajstić information content (AvgIpc) is 2.58. The fraction of sp³-hybridized carbons (Fsp3) is 0.538. The third kappa shape index (κ3) is 2.72. The smallest absolute Gasteiger partial charge is 0.0681 e. The van der Waals surface area contributed by atoms with E-state index in [2.05, 4.69) is 17.0 Å². The maximum Gasteiger partial charge on any atom is 0.0681 e. The summed E-state index contributed by atoms with van der Waals surface area (Å²) in [5.74, 6) is 0. The monoisotopic (exact) mass is 205 g/mol. The summed E-state index contributed by atoms with van der Waals surface area (Å²) in [6, 6.07) is 8.27. The molecule has 0 saturated carbocycles. The van der Waals surface area contributed by atoms with Crippen molar-refractivity contribution < 1.29 is 5.11 Å². The van der Waals surface area contributed by atoms with Crippen LogP contribution < -0.4 is 4.90 Å². The molecule has 1 heterocycles. The van der Waals surface area contributed by atoms with E-state index < -0.39 is 0 Å². The highest BCUT2D eigenvalue weighted by molar-refractivity contribution is 5.47. The molecule has 82 valence electrons. The van der Waals surface area contributed by atoms with Gasteiger partial charge in [0.1, 0.15) is 0 Å². The topological polar surface area (TPSA) is 23.5 Å². The van der Waals surface area contributed by atoms with Crippen LogP contribution in [0.25, 0.3) is 0 Å². The van der Waals surface area contributed by atoms with Crippen LogP contribution in [0.2, 0.25) is 0 Å². The molecule has 1 aromatic carbocycles. The quantitative estimate of drug-likeness (QED) is 0.802. The molecule has 1 fully saturated rings. The summed E-state index contributed by atoms with van der Waals surface area (Å²) in [7, 11) is 0. The molecule has 1 N–H and O–H groups in total. The van der Waals surface area contributed by atoms with Crippen molar-refractivity contribution in [1.29, 1.82) is 0 Å². The minimum absolute atomic E-state index is 0.139. The van der Waals surface area contributed by atoms with Gasteiger partial charge in [0.25, 0.3) is 0 Å². The first-order valence-corrected chi connectivity index (χ1v) is 5.85. The Morgan fingerprint density at radius 1 is 0.933 bits per heavy atom. The lowest BCUT2D eigenvalue weighted by Gasteiger charge is -2.22. The number of aliphatic hydroxyl groups is 1. The van der Waals surface area contributed by atoms with Gasteiger partial charge in [0.05, 0.1) is 6.61 Å². The van der Waals surface area contributed by atoms with Crippen LogP contribution in [0.1, 0.15) is 31.2 Å². The lowest BCUT2D eigenvalue weighted by Crippen LogP contribution is -2.23. The molecule has 2 rings (SSSR count). The van der Waals surface area contributed by atoms with Crippen LogP contribution in [0.4, 0.5) is 5.69 Å². The molecular weight excluding hydrogens is 186 g/mol. The van der Waals surface area contributed by atoms with Gasteiger partial charge in [-0.25, -0.2) is 0 Å².